The summed E-state index contributed by atoms with van der Waals surface area (Å²) in [6.07, 6.45) is 3.26. The van der Waals surface area contributed by atoms with Crippen molar-refractivity contribution in [2.75, 3.05) is 12.3 Å². The highest BCUT2D eigenvalue weighted by Gasteiger charge is 2.17. The maximum absolute atomic E-state index is 12.5. The Labute approximate surface area is 122 Å². The first kappa shape index (κ1) is 14.3. The topological polar surface area (TPSA) is 59.2 Å². The number of aryl methyl sites for hydroxylation is 1. The fourth-order valence-corrected chi connectivity index (χ4v) is 2.77. The maximum Gasteiger partial charge on any atom is 0.273 e. The Morgan fingerprint density at radius 2 is 2.30 bits per heavy atom. The van der Waals surface area contributed by atoms with Crippen LogP contribution in [-0.4, -0.2) is 22.3 Å². The number of aromatic nitrogens is 1. The molecule has 2 aromatic heterocycles. The molecule has 0 aliphatic heterocycles. The smallest absolute Gasteiger partial charge is 0.273 e. The fourth-order valence-electron chi connectivity index (χ4n) is 1.86. The van der Waals surface area contributed by atoms with Gasteiger partial charge in [-0.1, -0.05) is 6.08 Å². The number of rotatable bonds is 5. The summed E-state index contributed by atoms with van der Waals surface area (Å²) in [6.45, 7) is 6.79. The van der Waals surface area contributed by atoms with Crippen LogP contribution in [0.2, 0.25) is 0 Å². The molecule has 0 aliphatic rings. The van der Waals surface area contributed by atoms with Crippen molar-refractivity contribution in [1.29, 1.82) is 0 Å². The molecule has 0 aromatic carbocycles. The van der Waals surface area contributed by atoms with Gasteiger partial charge in [0.15, 0.2) is 0 Å². The van der Waals surface area contributed by atoms with Crippen molar-refractivity contribution in [2.24, 2.45) is 0 Å². The molecule has 5 heteroatoms. The van der Waals surface area contributed by atoms with Gasteiger partial charge in [0, 0.05) is 28.2 Å². The number of hydrogen-bond acceptors (Lipinski definition) is 4. The second kappa shape index (κ2) is 6.34. The van der Waals surface area contributed by atoms with E-state index in [1.807, 2.05) is 13.0 Å². The quantitative estimate of drug-likeness (QED) is 0.860. The van der Waals surface area contributed by atoms with Crippen molar-refractivity contribution < 1.29 is 4.79 Å². The van der Waals surface area contributed by atoms with Crippen LogP contribution in [0.5, 0.6) is 0 Å². The predicted octanol–water partition coefficient (Wildman–Crippen LogP) is 2.86. The molecule has 20 heavy (non-hydrogen) atoms. The van der Waals surface area contributed by atoms with Crippen LogP contribution in [0.4, 0.5) is 5.69 Å². The van der Waals surface area contributed by atoms with Crippen molar-refractivity contribution in [3.05, 3.63) is 58.6 Å². The second-order valence-electron chi connectivity index (χ2n) is 4.46. The third kappa shape index (κ3) is 3.45. The largest absolute Gasteiger partial charge is 0.399 e. The molecule has 0 unspecified atom stereocenters. The molecule has 0 fully saturated rings. The highest BCUT2D eigenvalue weighted by molar-refractivity contribution is 7.11. The highest BCUT2D eigenvalue weighted by Crippen LogP contribution is 2.18. The first-order valence-corrected chi connectivity index (χ1v) is 7.09. The van der Waals surface area contributed by atoms with Crippen molar-refractivity contribution in [2.45, 2.75) is 13.5 Å². The van der Waals surface area contributed by atoms with Gasteiger partial charge in [-0.15, -0.1) is 17.9 Å². The molecule has 0 saturated heterocycles. The molecule has 2 heterocycles. The van der Waals surface area contributed by atoms with Gasteiger partial charge >= 0.3 is 0 Å². The van der Waals surface area contributed by atoms with Gasteiger partial charge < -0.3 is 10.6 Å². The lowest BCUT2D eigenvalue weighted by Gasteiger charge is -2.20. The first-order valence-electron chi connectivity index (χ1n) is 6.27. The molecule has 0 radical (unpaired) electrons. The molecule has 2 aromatic rings. The molecule has 0 atom stereocenters. The Balaban J connectivity index is 2.19. The van der Waals surface area contributed by atoms with Crippen LogP contribution in [0.25, 0.3) is 0 Å². The minimum absolute atomic E-state index is 0.136. The van der Waals surface area contributed by atoms with Crippen LogP contribution in [0.15, 0.2) is 43.1 Å². The molecule has 0 saturated carbocycles. The molecule has 104 valence electrons. The average molecular weight is 287 g/mol. The molecule has 0 spiro atoms. The van der Waals surface area contributed by atoms with Crippen LogP contribution in [-0.2, 0) is 6.54 Å². The molecule has 2 N–H and O–H groups in total. The van der Waals surface area contributed by atoms with Gasteiger partial charge in [0.25, 0.3) is 5.91 Å². The number of amides is 1. The van der Waals surface area contributed by atoms with E-state index in [1.165, 1.54) is 4.88 Å². The van der Waals surface area contributed by atoms with Gasteiger partial charge in [-0.05, 0) is 31.2 Å². The summed E-state index contributed by atoms with van der Waals surface area (Å²) in [6, 6.07) is 7.35. The fraction of sp³-hybridized carbons (Fsp3) is 0.200. The Kier molecular flexibility index (Phi) is 4.53. The molecule has 4 nitrogen and oxygen atoms in total. The third-order valence-corrected chi connectivity index (χ3v) is 3.77. The number of nitrogens with two attached hydrogens (primary N) is 1. The van der Waals surface area contributed by atoms with E-state index in [4.69, 9.17) is 5.73 Å². The lowest BCUT2D eigenvalue weighted by molar-refractivity contribution is 0.0758. The van der Waals surface area contributed by atoms with Crippen LogP contribution in [0.1, 0.15) is 20.2 Å². The van der Waals surface area contributed by atoms with Crippen molar-refractivity contribution >= 4 is 22.9 Å². The number of thiophene rings is 1. The van der Waals surface area contributed by atoms with E-state index in [0.29, 0.717) is 24.5 Å². The van der Waals surface area contributed by atoms with Crippen LogP contribution in [0, 0.1) is 6.92 Å². The standard InChI is InChI=1S/C15H17N3OS/c1-3-8-18(10-13-5-4-11(2)20-13)15(19)14-9-12(16)6-7-17-14/h3-7,9H,1,8,10H2,2H3,(H2,16,17). The van der Waals surface area contributed by atoms with Gasteiger partial charge in [0.1, 0.15) is 5.69 Å². The van der Waals surface area contributed by atoms with Crippen LogP contribution in [0.3, 0.4) is 0 Å². The number of pyridine rings is 1. The van der Waals surface area contributed by atoms with E-state index in [2.05, 4.69) is 17.6 Å². The average Bonchev–Trinajstić information content (AvgIpc) is 2.83. The first-order chi connectivity index (χ1) is 9.60. The number of carbonyl (C=O) groups excluding carboxylic acids is 1. The van der Waals surface area contributed by atoms with Gasteiger partial charge in [-0.2, -0.15) is 0 Å². The summed E-state index contributed by atoms with van der Waals surface area (Å²) in [5.74, 6) is -0.136. The molecule has 0 aliphatic carbocycles. The normalized spacial score (nSPS) is 10.2. The number of nitrogens with zero attached hydrogens (tertiary/aromatic N) is 2. The highest BCUT2D eigenvalue weighted by atomic mass is 32.1. The van der Waals surface area contributed by atoms with E-state index in [0.717, 1.165) is 4.88 Å². The van der Waals surface area contributed by atoms with E-state index in [9.17, 15) is 4.79 Å². The number of nitrogen functional groups attached to an aromatic ring is 1. The lowest BCUT2D eigenvalue weighted by Crippen LogP contribution is -2.31. The molecule has 2 rings (SSSR count). The van der Waals surface area contributed by atoms with Gasteiger partial charge in [-0.3, -0.25) is 9.78 Å². The summed E-state index contributed by atoms with van der Waals surface area (Å²) < 4.78 is 0. The number of anilines is 1. The van der Waals surface area contributed by atoms with Crippen LogP contribution >= 0.6 is 11.3 Å². The number of carbonyl (C=O) groups is 1. The monoisotopic (exact) mass is 287 g/mol. The lowest BCUT2D eigenvalue weighted by atomic mass is 10.2. The van der Waals surface area contributed by atoms with Crippen LogP contribution < -0.4 is 5.73 Å². The Morgan fingerprint density at radius 1 is 1.50 bits per heavy atom. The van der Waals surface area contributed by atoms with E-state index in [1.54, 1.807) is 40.6 Å². The number of hydrogen-bond donors (Lipinski definition) is 1. The summed E-state index contributed by atoms with van der Waals surface area (Å²) >= 11 is 1.68. The van der Waals surface area contributed by atoms with E-state index < -0.39 is 0 Å². The molecule has 1 amide bonds. The summed E-state index contributed by atoms with van der Waals surface area (Å²) in [5.41, 5.74) is 6.59. The Hall–Kier alpha value is -2.14. The minimum Gasteiger partial charge on any atom is -0.399 e. The van der Waals surface area contributed by atoms with Crippen molar-refractivity contribution in [1.82, 2.24) is 9.88 Å². The molecule has 0 bridgehead atoms. The van der Waals surface area contributed by atoms with Gasteiger partial charge in [-0.25, -0.2) is 0 Å². The van der Waals surface area contributed by atoms with Crippen molar-refractivity contribution in [3.8, 4) is 0 Å². The summed E-state index contributed by atoms with van der Waals surface area (Å²) in [5, 5.41) is 0. The van der Waals surface area contributed by atoms with E-state index >= 15 is 0 Å². The van der Waals surface area contributed by atoms with Gasteiger partial charge in [0.05, 0.1) is 6.54 Å². The molecular formula is C15H17N3OS. The van der Waals surface area contributed by atoms with Gasteiger partial charge in [0.2, 0.25) is 0 Å². The zero-order valence-electron chi connectivity index (χ0n) is 11.4. The predicted molar refractivity (Wildman–Crippen MR) is 82.6 cm³/mol. The zero-order valence-corrected chi connectivity index (χ0v) is 12.2. The maximum atomic E-state index is 12.5. The second-order valence-corrected chi connectivity index (χ2v) is 5.83. The van der Waals surface area contributed by atoms with Crippen molar-refractivity contribution in [3.63, 3.8) is 0 Å². The Morgan fingerprint density at radius 3 is 2.90 bits per heavy atom. The molecular weight excluding hydrogens is 270 g/mol. The van der Waals surface area contributed by atoms with E-state index in [-0.39, 0.29) is 5.91 Å². The summed E-state index contributed by atoms with van der Waals surface area (Å²) in [7, 11) is 0. The third-order valence-electron chi connectivity index (χ3n) is 2.78. The minimum atomic E-state index is -0.136. The zero-order chi connectivity index (χ0) is 14.5. The summed E-state index contributed by atoms with van der Waals surface area (Å²) in [4.78, 5) is 20.6. The Bertz CT molecular complexity index is 621. The SMILES string of the molecule is C=CCN(Cc1ccc(C)s1)C(=O)c1cc(N)ccn1.